The van der Waals surface area contributed by atoms with Crippen molar-refractivity contribution in [1.82, 2.24) is 14.9 Å². The van der Waals surface area contributed by atoms with Crippen molar-refractivity contribution in [2.75, 3.05) is 13.7 Å². The van der Waals surface area contributed by atoms with Crippen LogP contribution < -0.4 is 10.1 Å². The lowest BCUT2D eigenvalue weighted by molar-refractivity contribution is 0.367. The van der Waals surface area contributed by atoms with Gasteiger partial charge in [0.25, 0.3) is 0 Å². The fourth-order valence-corrected chi connectivity index (χ4v) is 3.06. The van der Waals surface area contributed by atoms with Crippen LogP contribution in [0, 0.1) is 0 Å². The normalized spacial score (nSPS) is 23.7. The van der Waals surface area contributed by atoms with Crippen LogP contribution >= 0.6 is 0 Å². The second-order valence-electron chi connectivity index (χ2n) is 5.46. The van der Waals surface area contributed by atoms with Crippen LogP contribution in [0.3, 0.4) is 0 Å². The predicted octanol–water partition coefficient (Wildman–Crippen LogP) is 2.44. The second kappa shape index (κ2) is 4.85. The van der Waals surface area contributed by atoms with Gasteiger partial charge >= 0.3 is 0 Å². The number of aryl methyl sites for hydroxylation is 1. The summed E-state index contributed by atoms with van der Waals surface area (Å²) >= 11 is 0. The summed E-state index contributed by atoms with van der Waals surface area (Å²) in [4.78, 5) is 4.83. The Morgan fingerprint density at radius 3 is 3.00 bits per heavy atom. The van der Waals surface area contributed by atoms with Crippen LogP contribution in [-0.4, -0.2) is 29.2 Å². The van der Waals surface area contributed by atoms with E-state index in [1.165, 1.54) is 17.8 Å². The Balaban J connectivity index is 2.01. The van der Waals surface area contributed by atoms with Gasteiger partial charge in [-0.15, -0.1) is 0 Å². The van der Waals surface area contributed by atoms with Crippen molar-refractivity contribution < 1.29 is 4.74 Å². The molecule has 0 saturated carbocycles. The number of piperidine rings is 1. The highest BCUT2D eigenvalue weighted by molar-refractivity contribution is 5.77. The van der Waals surface area contributed by atoms with Crippen LogP contribution in [0.4, 0.5) is 0 Å². The predicted molar refractivity (Wildman–Crippen MR) is 76.7 cm³/mol. The Bertz CT molecular complexity index is 590. The third-order valence-corrected chi connectivity index (χ3v) is 4.11. The van der Waals surface area contributed by atoms with Crippen LogP contribution in [0.2, 0.25) is 0 Å². The largest absolute Gasteiger partial charge is 0.497 e. The zero-order valence-corrected chi connectivity index (χ0v) is 11.8. The summed E-state index contributed by atoms with van der Waals surface area (Å²) < 4.78 is 7.51. The van der Waals surface area contributed by atoms with Crippen LogP contribution in [0.15, 0.2) is 18.2 Å². The average Bonchev–Trinajstić information content (AvgIpc) is 2.75. The molecule has 0 amide bonds. The molecule has 2 atom stereocenters. The van der Waals surface area contributed by atoms with E-state index in [0.29, 0.717) is 12.0 Å². The van der Waals surface area contributed by atoms with Crippen LogP contribution in [0.5, 0.6) is 5.75 Å². The molecule has 2 aromatic rings. The summed E-state index contributed by atoms with van der Waals surface area (Å²) in [6.07, 6.45) is 2.33. The second-order valence-corrected chi connectivity index (χ2v) is 5.46. The first-order valence-corrected chi connectivity index (χ1v) is 6.93. The highest BCUT2D eigenvalue weighted by atomic mass is 16.5. The van der Waals surface area contributed by atoms with Crippen molar-refractivity contribution in [3.05, 3.63) is 24.0 Å². The van der Waals surface area contributed by atoms with Gasteiger partial charge in [-0.3, -0.25) is 0 Å². The van der Waals surface area contributed by atoms with Gasteiger partial charge in [0.15, 0.2) is 0 Å². The summed E-state index contributed by atoms with van der Waals surface area (Å²) in [5.74, 6) is 2.63. The van der Waals surface area contributed by atoms with Crippen molar-refractivity contribution in [1.29, 1.82) is 0 Å². The highest BCUT2D eigenvalue weighted by Gasteiger charge is 2.24. The van der Waals surface area contributed by atoms with E-state index in [4.69, 9.17) is 9.72 Å². The number of methoxy groups -OCH3 is 1. The van der Waals surface area contributed by atoms with Gasteiger partial charge in [0.1, 0.15) is 11.6 Å². The van der Waals surface area contributed by atoms with Gasteiger partial charge < -0.3 is 14.6 Å². The van der Waals surface area contributed by atoms with Crippen molar-refractivity contribution in [2.45, 2.75) is 31.7 Å². The molecule has 3 rings (SSSR count). The molecule has 1 aromatic heterocycles. The van der Waals surface area contributed by atoms with Gasteiger partial charge in [-0.25, -0.2) is 4.98 Å². The molecule has 102 valence electrons. The van der Waals surface area contributed by atoms with Crippen LogP contribution in [-0.2, 0) is 7.05 Å². The number of nitrogens with one attached hydrogen (secondary N) is 1. The first kappa shape index (κ1) is 12.5. The molecule has 0 radical (unpaired) electrons. The van der Waals surface area contributed by atoms with Gasteiger partial charge in [0.05, 0.1) is 18.1 Å². The third-order valence-electron chi connectivity index (χ3n) is 4.11. The van der Waals surface area contributed by atoms with Gasteiger partial charge in [-0.1, -0.05) is 0 Å². The van der Waals surface area contributed by atoms with Crippen molar-refractivity contribution in [3.63, 3.8) is 0 Å². The first-order chi connectivity index (χ1) is 9.19. The maximum atomic E-state index is 5.27. The molecule has 0 bridgehead atoms. The van der Waals surface area contributed by atoms with E-state index in [0.717, 1.165) is 24.2 Å². The summed E-state index contributed by atoms with van der Waals surface area (Å²) in [6.45, 7) is 3.33. The Labute approximate surface area is 113 Å². The molecule has 1 aromatic carbocycles. The van der Waals surface area contributed by atoms with E-state index in [1.54, 1.807) is 7.11 Å². The summed E-state index contributed by atoms with van der Waals surface area (Å²) in [5, 5.41) is 3.50. The Hall–Kier alpha value is -1.55. The lowest BCUT2D eigenvalue weighted by atomic mass is 9.92. The lowest BCUT2D eigenvalue weighted by Crippen LogP contribution is -2.35. The van der Waals surface area contributed by atoms with E-state index in [9.17, 15) is 0 Å². The number of rotatable bonds is 2. The minimum absolute atomic E-state index is 0.555. The lowest BCUT2D eigenvalue weighted by Gasteiger charge is -2.27. The summed E-state index contributed by atoms with van der Waals surface area (Å²) in [6, 6.07) is 6.69. The van der Waals surface area contributed by atoms with Crippen LogP contribution in [0.25, 0.3) is 11.0 Å². The molecule has 0 aliphatic carbocycles. The maximum Gasteiger partial charge on any atom is 0.121 e. The minimum atomic E-state index is 0.555. The number of benzene rings is 1. The first-order valence-electron chi connectivity index (χ1n) is 6.93. The molecule has 1 aliphatic heterocycles. The molecule has 1 fully saturated rings. The molecule has 4 nitrogen and oxygen atoms in total. The number of ether oxygens (including phenoxy) is 1. The van der Waals surface area contributed by atoms with E-state index >= 15 is 0 Å². The topological polar surface area (TPSA) is 39.1 Å². The molecule has 4 heteroatoms. The highest BCUT2D eigenvalue weighted by Crippen LogP contribution is 2.30. The van der Waals surface area contributed by atoms with E-state index in [-0.39, 0.29) is 0 Å². The molecular weight excluding hydrogens is 238 g/mol. The quantitative estimate of drug-likeness (QED) is 0.900. The fraction of sp³-hybridized carbons (Fsp3) is 0.533. The van der Waals surface area contributed by atoms with Gasteiger partial charge in [-0.05, 0) is 38.4 Å². The van der Waals surface area contributed by atoms with Crippen molar-refractivity contribution >= 4 is 11.0 Å². The molecule has 1 N–H and O–H groups in total. The van der Waals surface area contributed by atoms with Gasteiger partial charge in [0.2, 0.25) is 0 Å². The maximum absolute atomic E-state index is 5.27. The Morgan fingerprint density at radius 1 is 1.42 bits per heavy atom. The monoisotopic (exact) mass is 259 g/mol. The van der Waals surface area contributed by atoms with E-state index in [1.807, 2.05) is 12.1 Å². The Kier molecular flexibility index (Phi) is 3.19. The number of nitrogens with zero attached hydrogens (tertiary/aromatic N) is 2. The molecule has 1 saturated heterocycles. The number of hydrogen-bond acceptors (Lipinski definition) is 3. The standard InChI is InChI=1S/C15H21N3O/c1-10-8-11(6-7-16-10)15-17-13-9-12(19-3)4-5-14(13)18(15)2/h4-5,9-11,16H,6-8H2,1-3H3. The number of aromatic nitrogens is 2. The fourth-order valence-electron chi connectivity index (χ4n) is 3.06. The van der Waals surface area contributed by atoms with Gasteiger partial charge in [0, 0.05) is 25.1 Å². The average molecular weight is 259 g/mol. The Morgan fingerprint density at radius 2 is 2.26 bits per heavy atom. The minimum Gasteiger partial charge on any atom is -0.497 e. The molecule has 19 heavy (non-hydrogen) atoms. The summed E-state index contributed by atoms with van der Waals surface area (Å²) in [5.41, 5.74) is 2.21. The molecule has 1 aliphatic rings. The number of imidazole rings is 1. The zero-order chi connectivity index (χ0) is 13.4. The third kappa shape index (κ3) is 2.21. The number of hydrogen-bond donors (Lipinski definition) is 1. The molecular formula is C15H21N3O. The van der Waals surface area contributed by atoms with Crippen molar-refractivity contribution in [3.8, 4) is 5.75 Å². The van der Waals surface area contributed by atoms with E-state index in [2.05, 4.69) is 29.9 Å². The SMILES string of the molecule is COc1ccc2c(c1)nc(C1CCNC(C)C1)n2C. The smallest absolute Gasteiger partial charge is 0.121 e. The van der Waals surface area contributed by atoms with Crippen molar-refractivity contribution in [2.24, 2.45) is 7.05 Å². The summed E-state index contributed by atoms with van der Waals surface area (Å²) in [7, 11) is 3.81. The van der Waals surface area contributed by atoms with Gasteiger partial charge in [-0.2, -0.15) is 0 Å². The van der Waals surface area contributed by atoms with Crippen LogP contribution in [0.1, 0.15) is 31.5 Å². The van der Waals surface area contributed by atoms with E-state index < -0.39 is 0 Å². The molecule has 2 heterocycles. The molecule has 0 spiro atoms. The molecule has 2 unspecified atom stereocenters. The zero-order valence-electron chi connectivity index (χ0n) is 11.8. The number of fused-ring (bicyclic) bond motifs is 1.